The standard InChI is InChI=1S/C18H18N4O4S/c1-3-26-13-6-4-12(5-7-13)14-11-27-17(19-14)20-15(23)10-22-9-8-16(24)21(2)18(22)25/h4-9,11H,3,10H2,1-2H3,(H,19,20,23). The molecule has 0 atom stereocenters. The number of nitrogens with zero attached hydrogens (tertiary/aromatic N) is 3. The number of rotatable bonds is 6. The molecule has 1 amide bonds. The SMILES string of the molecule is CCOc1ccc(-c2csc(NC(=O)Cn3ccc(=O)n(C)c3=O)n2)cc1. The molecule has 2 aromatic heterocycles. The van der Waals surface area contributed by atoms with Gasteiger partial charge in [0.15, 0.2) is 5.13 Å². The summed E-state index contributed by atoms with van der Waals surface area (Å²) in [5.41, 5.74) is 0.672. The van der Waals surface area contributed by atoms with Crippen LogP contribution in [-0.4, -0.2) is 26.6 Å². The maximum Gasteiger partial charge on any atom is 0.331 e. The molecule has 1 N–H and O–H groups in total. The van der Waals surface area contributed by atoms with Gasteiger partial charge in [0.1, 0.15) is 12.3 Å². The van der Waals surface area contributed by atoms with E-state index in [1.807, 2.05) is 36.6 Å². The van der Waals surface area contributed by atoms with Crippen molar-refractivity contribution in [3.8, 4) is 17.0 Å². The zero-order valence-corrected chi connectivity index (χ0v) is 15.7. The van der Waals surface area contributed by atoms with E-state index in [9.17, 15) is 14.4 Å². The minimum absolute atomic E-state index is 0.203. The molecule has 27 heavy (non-hydrogen) atoms. The highest BCUT2D eigenvalue weighted by Gasteiger charge is 2.10. The van der Waals surface area contributed by atoms with Gasteiger partial charge in [0.05, 0.1) is 12.3 Å². The number of aromatic nitrogens is 3. The lowest BCUT2D eigenvalue weighted by atomic mass is 10.2. The summed E-state index contributed by atoms with van der Waals surface area (Å²) < 4.78 is 7.52. The maximum atomic E-state index is 12.2. The van der Waals surface area contributed by atoms with Gasteiger partial charge in [0.25, 0.3) is 5.56 Å². The number of anilines is 1. The molecule has 3 rings (SSSR count). The predicted molar refractivity (Wildman–Crippen MR) is 103 cm³/mol. The van der Waals surface area contributed by atoms with Crippen LogP contribution in [0.4, 0.5) is 5.13 Å². The summed E-state index contributed by atoms with van der Waals surface area (Å²) in [5, 5.41) is 4.94. The quantitative estimate of drug-likeness (QED) is 0.696. The highest BCUT2D eigenvalue weighted by Crippen LogP contribution is 2.26. The van der Waals surface area contributed by atoms with Crippen LogP contribution in [0.2, 0.25) is 0 Å². The molecule has 0 unspecified atom stereocenters. The molecule has 8 nitrogen and oxygen atoms in total. The van der Waals surface area contributed by atoms with Crippen molar-refractivity contribution in [2.75, 3.05) is 11.9 Å². The van der Waals surface area contributed by atoms with E-state index in [1.165, 1.54) is 30.6 Å². The van der Waals surface area contributed by atoms with Gasteiger partial charge in [0.2, 0.25) is 5.91 Å². The van der Waals surface area contributed by atoms with Crippen LogP contribution in [-0.2, 0) is 18.4 Å². The number of hydrogen-bond donors (Lipinski definition) is 1. The van der Waals surface area contributed by atoms with Gasteiger partial charge >= 0.3 is 5.69 Å². The highest BCUT2D eigenvalue weighted by atomic mass is 32.1. The number of benzene rings is 1. The number of nitrogens with one attached hydrogen (secondary N) is 1. The van der Waals surface area contributed by atoms with E-state index < -0.39 is 17.2 Å². The second-order valence-electron chi connectivity index (χ2n) is 5.67. The second-order valence-corrected chi connectivity index (χ2v) is 6.53. The molecule has 0 aliphatic rings. The Bertz CT molecular complexity index is 1070. The van der Waals surface area contributed by atoms with Crippen LogP contribution in [0.25, 0.3) is 11.3 Å². The van der Waals surface area contributed by atoms with Crippen molar-refractivity contribution in [2.45, 2.75) is 13.5 Å². The Hall–Kier alpha value is -3.20. The average molecular weight is 386 g/mol. The second kappa shape index (κ2) is 8.00. The normalized spacial score (nSPS) is 10.6. The van der Waals surface area contributed by atoms with Crippen LogP contribution < -0.4 is 21.3 Å². The zero-order valence-electron chi connectivity index (χ0n) is 14.8. The minimum atomic E-state index is -0.549. The fourth-order valence-corrected chi connectivity index (χ4v) is 3.14. The van der Waals surface area contributed by atoms with Crippen LogP contribution >= 0.6 is 11.3 Å². The van der Waals surface area contributed by atoms with Crippen molar-refractivity contribution in [2.24, 2.45) is 7.05 Å². The summed E-state index contributed by atoms with van der Waals surface area (Å²) in [6.07, 6.45) is 1.30. The summed E-state index contributed by atoms with van der Waals surface area (Å²) in [5.74, 6) is 0.385. The molecule has 0 spiro atoms. The first-order chi connectivity index (χ1) is 13.0. The molecule has 9 heteroatoms. The molecule has 0 bridgehead atoms. The van der Waals surface area contributed by atoms with E-state index in [1.54, 1.807) is 0 Å². The largest absolute Gasteiger partial charge is 0.494 e. The Balaban J connectivity index is 1.68. The molecule has 140 valence electrons. The van der Waals surface area contributed by atoms with Gasteiger partial charge in [-0.2, -0.15) is 0 Å². The lowest BCUT2D eigenvalue weighted by Gasteiger charge is -2.06. The predicted octanol–water partition coefficient (Wildman–Crippen LogP) is 1.71. The van der Waals surface area contributed by atoms with Gasteiger partial charge in [-0.1, -0.05) is 0 Å². The van der Waals surface area contributed by atoms with Crippen LogP contribution in [0.15, 0.2) is 51.5 Å². The van der Waals surface area contributed by atoms with Gasteiger partial charge in [-0.3, -0.25) is 18.7 Å². The summed E-state index contributed by atoms with van der Waals surface area (Å²) in [4.78, 5) is 39.9. The van der Waals surface area contributed by atoms with Gasteiger partial charge in [-0.05, 0) is 31.2 Å². The Morgan fingerprint density at radius 3 is 2.67 bits per heavy atom. The lowest BCUT2D eigenvalue weighted by Crippen LogP contribution is -2.38. The Labute approximate surface area is 158 Å². The summed E-state index contributed by atoms with van der Waals surface area (Å²) >= 11 is 1.29. The number of hydrogen-bond acceptors (Lipinski definition) is 6. The van der Waals surface area contributed by atoms with E-state index in [-0.39, 0.29) is 6.54 Å². The van der Waals surface area contributed by atoms with E-state index in [4.69, 9.17) is 4.74 Å². The summed E-state index contributed by atoms with van der Waals surface area (Å²) in [7, 11) is 1.36. The zero-order chi connectivity index (χ0) is 19.4. The van der Waals surface area contributed by atoms with E-state index in [2.05, 4.69) is 10.3 Å². The third kappa shape index (κ3) is 4.32. The lowest BCUT2D eigenvalue weighted by molar-refractivity contribution is -0.116. The highest BCUT2D eigenvalue weighted by molar-refractivity contribution is 7.14. The first-order valence-corrected chi connectivity index (χ1v) is 9.11. The number of carbonyl (C=O) groups is 1. The fourth-order valence-electron chi connectivity index (χ4n) is 2.40. The molecular weight excluding hydrogens is 368 g/mol. The van der Waals surface area contributed by atoms with Crippen molar-refractivity contribution in [3.05, 3.63) is 62.7 Å². The maximum absolute atomic E-state index is 12.2. The monoisotopic (exact) mass is 386 g/mol. The van der Waals surface area contributed by atoms with Crippen LogP contribution in [0.3, 0.4) is 0 Å². The summed E-state index contributed by atoms with van der Waals surface area (Å²) in [6.45, 7) is 2.32. The van der Waals surface area contributed by atoms with Crippen molar-refractivity contribution in [3.63, 3.8) is 0 Å². The van der Waals surface area contributed by atoms with E-state index >= 15 is 0 Å². The average Bonchev–Trinajstić information content (AvgIpc) is 3.11. The molecule has 0 saturated heterocycles. The number of thiazole rings is 1. The smallest absolute Gasteiger partial charge is 0.331 e. The minimum Gasteiger partial charge on any atom is -0.494 e. The Kier molecular flexibility index (Phi) is 5.51. The molecular formula is C18H18N4O4S. The third-order valence-electron chi connectivity index (χ3n) is 3.79. The molecule has 0 fully saturated rings. The molecule has 3 aromatic rings. The third-order valence-corrected chi connectivity index (χ3v) is 4.54. The molecule has 2 heterocycles. The molecule has 0 radical (unpaired) electrons. The van der Waals surface area contributed by atoms with Crippen molar-refractivity contribution >= 4 is 22.4 Å². The molecule has 0 aliphatic heterocycles. The molecule has 0 saturated carbocycles. The molecule has 1 aromatic carbocycles. The van der Waals surface area contributed by atoms with Crippen LogP contribution in [0, 0.1) is 0 Å². The molecule has 0 aliphatic carbocycles. The number of carbonyl (C=O) groups excluding carboxylic acids is 1. The Morgan fingerprint density at radius 2 is 1.96 bits per heavy atom. The summed E-state index contributed by atoms with van der Waals surface area (Å²) in [6, 6.07) is 8.76. The Morgan fingerprint density at radius 1 is 1.22 bits per heavy atom. The van der Waals surface area contributed by atoms with E-state index in [0.717, 1.165) is 26.1 Å². The fraction of sp³-hybridized carbons (Fsp3) is 0.222. The topological polar surface area (TPSA) is 95.2 Å². The van der Waals surface area contributed by atoms with Crippen molar-refractivity contribution in [1.82, 2.24) is 14.1 Å². The first kappa shape index (κ1) is 18.6. The van der Waals surface area contributed by atoms with E-state index in [0.29, 0.717) is 11.7 Å². The van der Waals surface area contributed by atoms with Gasteiger partial charge in [-0.15, -0.1) is 11.3 Å². The van der Waals surface area contributed by atoms with Crippen LogP contribution in [0.5, 0.6) is 5.75 Å². The first-order valence-electron chi connectivity index (χ1n) is 8.23. The van der Waals surface area contributed by atoms with Gasteiger partial charge < -0.3 is 10.1 Å². The number of amides is 1. The van der Waals surface area contributed by atoms with Crippen molar-refractivity contribution < 1.29 is 9.53 Å². The van der Waals surface area contributed by atoms with Gasteiger partial charge in [0, 0.05) is 30.3 Å². The number of ether oxygens (including phenoxy) is 1. The van der Waals surface area contributed by atoms with Crippen LogP contribution in [0.1, 0.15) is 6.92 Å². The van der Waals surface area contributed by atoms with Gasteiger partial charge in [-0.25, -0.2) is 9.78 Å². The van der Waals surface area contributed by atoms with Crippen molar-refractivity contribution in [1.29, 1.82) is 0 Å².